The number of aromatic nitrogens is 1. The van der Waals surface area contributed by atoms with Gasteiger partial charge in [-0.3, -0.25) is 20.2 Å². The lowest BCUT2D eigenvalue weighted by atomic mass is 10.1. The summed E-state index contributed by atoms with van der Waals surface area (Å²) in [5.74, 6) is -0.455. The highest BCUT2D eigenvalue weighted by Gasteiger charge is 2.20. The number of hydrogen-bond donors (Lipinski definition) is 4. The molecule has 7 heteroatoms. The van der Waals surface area contributed by atoms with Gasteiger partial charge in [-0.1, -0.05) is 12.2 Å². The maximum absolute atomic E-state index is 12.1. The predicted octanol–water partition coefficient (Wildman–Crippen LogP) is 0.441. The standard InChI is InChI=1S/C13H15N5OS/c14-5-4-11(20)17-13(19)9-6-8-2-1-3-10(8)18(7-15)12(9)16/h4-7,15-16H,1-3,14H2,(H,17,19,20)/b5-4-,15-7?,16-12?. The normalized spacial score (nSPS) is 13.2. The minimum absolute atomic E-state index is 0.00215. The Morgan fingerprint density at radius 1 is 1.50 bits per heavy atom. The third-order valence-corrected chi connectivity index (χ3v) is 3.43. The number of amides is 1. The summed E-state index contributed by atoms with van der Waals surface area (Å²) in [5, 5.41) is 18.0. The molecule has 1 aliphatic carbocycles. The Morgan fingerprint density at radius 3 is 2.90 bits per heavy atom. The average molecular weight is 289 g/mol. The molecule has 0 atom stereocenters. The van der Waals surface area contributed by atoms with Gasteiger partial charge in [-0.25, -0.2) is 0 Å². The quantitative estimate of drug-likeness (QED) is 0.281. The third-order valence-electron chi connectivity index (χ3n) is 3.19. The molecule has 0 unspecified atom stereocenters. The van der Waals surface area contributed by atoms with Crippen molar-refractivity contribution in [3.63, 3.8) is 0 Å². The maximum Gasteiger partial charge on any atom is 0.260 e. The molecule has 1 aromatic heterocycles. The molecule has 0 bridgehead atoms. The van der Waals surface area contributed by atoms with Gasteiger partial charge in [0, 0.05) is 5.69 Å². The molecular formula is C13H15N5OS. The molecule has 20 heavy (non-hydrogen) atoms. The van der Waals surface area contributed by atoms with Crippen LogP contribution in [0.3, 0.4) is 0 Å². The highest BCUT2D eigenvalue weighted by Crippen LogP contribution is 2.20. The van der Waals surface area contributed by atoms with Crippen molar-refractivity contribution in [1.82, 2.24) is 9.88 Å². The summed E-state index contributed by atoms with van der Waals surface area (Å²) in [6.07, 6.45) is 6.37. The first-order valence-corrected chi connectivity index (χ1v) is 6.55. The van der Waals surface area contributed by atoms with Crippen LogP contribution in [-0.2, 0) is 12.8 Å². The first kappa shape index (κ1) is 14.1. The van der Waals surface area contributed by atoms with Gasteiger partial charge < -0.3 is 11.1 Å². The lowest BCUT2D eigenvalue weighted by Crippen LogP contribution is -2.36. The Kier molecular flexibility index (Phi) is 4.09. The van der Waals surface area contributed by atoms with Crippen LogP contribution < -0.4 is 16.5 Å². The van der Waals surface area contributed by atoms with Crippen molar-refractivity contribution in [1.29, 1.82) is 10.8 Å². The van der Waals surface area contributed by atoms with E-state index in [0.29, 0.717) is 0 Å². The molecule has 1 heterocycles. The first-order chi connectivity index (χ1) is 9.58. The highest BCUT2D eigenvalue weighted by molar-refractivity contribution is 7.80. The van der Waals surface area contributed by atoms with Gasteiger partial charge in [0.1, 0.15) is 10.5 Å². The zero-order valence-corrected chi connectivity index (χ0v) is 11.6. The number of nitrogens with two attached hydrogens (primary N) is 1. The van der Waals surface area contributed by atoms with Crippen molar-refractivity contribution >= 4 is 29.5 Å². The van der Waals surface area contributed by atoms with Crippen LogP contribution in [0.1, 0.15) is 28.0 Å². The molecule has 1 aliphatic rings. The van der Waals surface area contributed by atoms with Crippen LogP contribution in [0.5, 0.6) is 0 Å². The summed E-state index contributed by atoms with van der Waals surface area (Å²) in [6, 6.07) is 1.72. The van der Waals surface area contributed by atoms with E-state index in [-0.39, 0.29) is 16.0 Å². The predicted molar refractivity (Wildman–Crippen MR) is 79.9 cm³/mol. The fraction of sp³-hybridized carbons (Fsp3) is 0.231. The molecule has 0 aromatic carbocycles. The van der Waals surface area contributed by atoms with E-state index in [1.165, 1.54) is 16.8 Å². The molecule has 1 amide bonds. The van der Waals surface area contributed by atoms with Gasteiger partial charge in [-0.05, 0) is 43.2 Å². The molecule has 0 saturated heterocycles. The van der Waals surface area contributed by atoms with Gasteiger partial charge in [0.05, 0.1) is 11.9 Å². The van der Waals surface area contributed by atoms with Gasteiger partial charge in [0.2, 0.25) is 0 Å². The molecule has 2 rings (SSSR count). The summed E-state index contributed by atoms with van der Waals surface area (Å²) < 4.78 is 1.44. The minimum atomic E-state index is -0.455. The lowest BCUT2D eigenvalue weighted by Gasteiger charge is -2.11. The van der Waals surface area contributed by atoms with Crippen LogP contribution in [0.25, 0.3) is 0 Å². The van der Waals surface area contributed by atoms with Crippen molar-refractivity contribution in [3.05, 3.63) is 40.7 Å². The Bertz CT molecular complexity index is 674. The Labute approximate surface area is 121 Å². The van der Waals surface area contributed by atoms with Gasteiger partial charge in [0.15, 0.2) is 0 Å². The van der Waals surface area contributed by atoms with E-state index in [2.05, 4.69) is 5.32 Å². The topological polar surface area (TPSA) is 108 Å². The molecule has 0 aliphatic heterocycles. The fourth-order valence-corrected chi connectivity index (χ4v) is 2.48. The Hall–Kier alpha value is -2.28. The number of thiocarbonyl (C=S) groups is 1. The molecular weight excluding hydrogens is 274 g/mol. The van der Waals surface area contributed by atoms with Gasteiger partial charge in [-0.15, -0.1) is 0 Å². The van der Waals surface area contributed by atoms with Gasteiger partial charge >= 0.3 is 0 Å². The molecule has 0 radical (unpaired) electrons. The van der Waals surface area contributed by atoms with E-state index < -0.39 is 5.91 Å². The third kappa shape index (κ3) is 2.53. The van der Waals surface area contributed by atoms with Crippen LogP contribution in [0.4, 0.5) is 0 Å². The second-order valence-corrected chi connectivity index (χ2v) is 4.85. The highest BCUT2D eigenvalue weighted by atomic mass is 32.1. The molecule has 104 valence electrons. The van der Waals surface area contributed by atoms with E-state index in [1.54, 1.807) is 6.07 Å². The van der Waals surface area contributed by atoms with E-state index in [1.807, 2.05) is 0 Å². The smallest absolute Gasteiger partial charge is 0.260 e. The summed E-state index contributed by atoms with van der Waals surface area (Å²) in [6.45, 7) is 0. The molecule has 6 nitrogen and oxygen atoms in total. The molecule has 5 N–H and O–H groups in total. The number of nitrogens with one attached hydrogen (secondary N) is 3. The molecule has 1 aromatic rings. The number of carbonyl (C=O) groups is 1. The summed E-state index contributed by atoms with van der Waals surface area (Å²) in [5.41, 5.74) is 7.36. The number of hydrogen-bond acceptors (Lipinski definition) is 5. The van der Waals surface area contributed by atoms with Crippen molar-refractivity contribution in [2.24, 2.45) is 5.73 Å². The summed E-state index contributed by atoms with van der Waals surface area (Å²) >= 11 is 4.92. The van der Waals surface area contributed by atoms with Crippen LogP contribution in [0.2, 0.25) is 0 Å². The van der Waals surface area contributed by atoms with E-state index in [4.69, 9.17) is 28.8 Å². The molecule has 0 spiro atoms. The second-order valence-electron chi connectivity index (χ2n) is 4.41. The number of nitrogens with zero attached hydrogens (tertiary/aromatic N) is 1. The SMILES string of the molecule is N=Cn1c2c(cc(C(=O)NC(=S)/C=C\N)c1=N)CCC2. The van der Waals surface area contributed by atoms with Crippen LogP contribution in [0, 0.1) is 10.8 Å². The lowest BCUT2D eigenvalue weighted by molar-refractivity contribution is 0.0975. The molecule has 0 saturated carbocycles. The monoisotopic (exact) mass is 289 g/mol. The largest absolute Gasteiger partial charge is 0.405 e. The Balaban J connectivity index is 2.43. The van der Waals surface area contributed by atoms with E-state index in [0.717, 1.165) is 36.9 Å². The fourth-order valence-electron chi connectivity index (χ4n) is 2.31. The van der Waals surface area contributed by atoms with E-state index in [9.17, 15) is 4.79 Å². The zero-order chi connectivity index (χ0) is 14.7. The second kappa shape index (κ2) is 5.79. The Morgan fingerprint density at radius 2 is 2.25 bits per heavy atom. The minimum Gasteiger partial charge on any atom is -0.405 e. The van der Waals surface area contributed by atoms with Crippen LogP contribution in [0.15, 0.2) is 18.3 Å². The summed E-state index contributed by atoms with van der Waals surface area (Å²) in [7, 11) is 0. The van der Waals surface area contributed by atoms with Crippen molar-refractivity contribution in [2.75, 3.05) is 0 Å². The summed E-state index contributed by atoms with van der Waals surface area (Å²) in [4.78, 5) is 12.3. The van der Waals surface area contributed by atoms with Gasteiger partial charge in [-0.2, -0.15) is 0 Å². The van der Waals surface area contributed by atoms with E-state index >= 15 is 0 Å². The number of fused-ring (bicyclic) bond motifs is 1. The zero-order valence-electron chi connectivity index (χ0n) is 10.8. The van der Waals surface area contributed by atoms with Crippen LogP contribution >= 0.6 is 12.2 Å². The number of carbonyl (C=O) groups excluding carboxylic acids is 1. The van der Waals surface area contributed by atoms with Crippen molar-refractivity contribution < 1.29 is 4.79 Å². The molecule has 0 fully saturated rings. The van der Waals surface area contributed by atoms with Crippen molar-refractivity contribution in [3.8, 4) is 0 Å². The average Bonchev–Trinajstić information content (AvgIpc) is 2.86. The number of pyridine rings is 1. The van der Waals surface area contributed by atoms with Crippen molar-refractivity contribution in [2.45, 2.75) is 19.3 Å². The number of rotatable bonds is 3. The maximum atomic E-state index is 12.1. The number of aryl methyl sites for hydroxylation is 1. The van der Waals surface area contributed by atoms with Crippen LogP contribution in [-0.4, -0.2) is 21.8 Å². The van der Waals surface area contributed by atoms with Gasteiger partial charge in [0.25, 0.3) is 5.91 Å². The first-order valence-electron chi connectivity index (χ1n) is 6.14.